The van der Waals surface area contributed by atoms with E-state index in [1.165, 1.54) is 0 Å². The van der Waals surface area contributed by atoms with Crippen molar-refractivity contribution in [2.45, 2.75) is 11.3 Å². The molecule has 0 aromatic heterocycles. The van der Waals surface area contributed by atoms with Crippen molar-refractivity contribution in [1.82, 2.24) is 5.32 Å². The fourth-order valence-corrected chi connectivity index (χ4v) is 2.78. The minimum atomic E-state index is -0.685. The minimum absolute atomic E-state index is 0.340. The van der Waals surface area contributed by atoms with Gasteiger partial charge in [0.05, 0.1) is 14.2 Å². The Kier molecular flexibility index (Phi) is 7.35. The maximum atomic E-state index is 12.0. The van der Waals surface area contributed by atoms with Crippen LogP contribution in [0.2, 0.25) is 0 Å². The first-order chi connectivity index (χ1) is 12.6. The molecule has 0 bridgehead atoms. The highest BCUT2D eigenvalue weighted by molar-refractivity contribution is 7.98. The van der Waals surface area contributed by atoms with E-state index in [2.05, 4.69) is 10.6 Å². The quantitative estimate of drug-likeness (QED) is 0.576. The van der Waals surface area contributed by atoms with E-state index in [9.17, 15) is 9.59 Å². The number of hydrogen-bond acceptors (Lipinski definition) is 5. The zero-order valence-electron chi connectivity index (χ0n) is 15.0. The summed E-state index contributed by atoms with van der Waals surface area (Å²) < 4.78 is 10.4. The molecular formula is C19H22N2O4S. The third kappa shape index (κ3) is 5.42. The smallest absolute Gasteiger partial charge is 0.313 e. The van der Waals surface area contributed by atoms with Crippen LogP contribution in [-0.2, 0) is 16.0 Å². The summed E-state index contributed by atoms with van der Waals surface area (Å²) in [7, 11) is 3.14. The fourth-order valence-electron chi connectivity index (χ4n) is 2.33. The van der Waals surface area contributed by atoms with Crippen molar-refractivity contribution in [3.63, 3.8) is 0 Å². The number of methoxy groups -OCH3 is 2. The molecule has 0 aliphatic carbocycles. The predicted molar refractivity (Wildman–Crippen MR) is 103 cm³/mol. The normalized spacial score (nSPS) is 10.1. The third-order valence-electron chi connectivity index (χ3n) is 3.68. The predicted octanol–water partition coefficient (Wildman–Crippen LogP) is 2.72. The van der Waals surface area contributed by atoms with Crippen LogP contribution < -0.4 is 20.1 Å². The Morgan fingerprint density at radius 1 is 1.00 bits per heavy atom. The zero-order valence-corrected chi connectivity index (χ0v) is 15.8. The first-order valence-corrected chi connectivity index (χ1v) is 9.24. The second kappa shape index (κ2) is 9.72. The molecule has 138 valence electrons. The number of anilines is 1. The Labute approximate surface area is 157 Å². The summed E-state index contributed by atoms with van der Waals surface area (Å²) in [6, 6.07) is 12.9. The van der Waals surface area contributed by atoms with Gasteiger partial charge in [-0.3, -0.25) is 9.59 Å². The van der Waals surface area contributed by atoms with Crippen LogP contribution in [0.3, 0.4) is 0 Å². The summed E-state index contributed by atoms with van der Waals surface area (Å²) >= 11 is 1.56. The molecule has 0 aliphatic rings. The summed E-state index contributed by atoms with van der Waals surface area (Å²) in [6.45, 7) is 0.340. The van der Waals surface area contributed by atoms with Crippen LogP contribution in [0.15, 0.2) is 47.4 Å². The highest BCUT2D eigenvalue weighted by atomic mass is 32.2. The number of hydrogen-bond donors (Lipinski definition) is 2. The Morgan fingerprint density at radius 2 is 1.77 bits per heavy atom. The first kappa shape index (κ1) is 19.7. The van der Waals surface area contributed by atoms with E-state index in [0.717, 1.165) is 10.5 Å². The molecule has 0 fully saturated rings. The summed E-state index contributed by atoms with van der Waals surface area (Å²) in [6.07, 6.45) is 2.52. The molecule has 0 spiro atoms. The van der Waals surface area contributed by atoms with E-state index in [-0.39, 0.29) is 0 Å². The number of benzene rings is 2. The lowest BCUT2D eigenvalue weighted by Gasteiger charge is -2.10. The van der Waals surface area contributed by atoms with E-state index < -0.39 is 11.8 Å². The number of nitrogens with one attached hydrogen (secondary N) is 2. The van der Waals surface area contributed by atoms with Gasteiger partial charge in [0.15, 0.2) is 11.5 Å². The van der Waals surface area contributed by atoms with Crippen LogP contribution in [-0.4, -0.2) is 38.8 Å². The standard InChI is InChI=1S/C19H22N2O4S/c1-24-16-8-7-13(11-17(16)25-2)9-10-20-18(22)19(23)21-14-5-4-6-15(12-14)26-3/h4-8,11-12H,9-10H2,1-3H3,(H,20,22)(H,21,23). The largest absolute Gasteiger partial charge is 0.493 e. The molecule has 2 aromatic rings. The van der Waals surface area contributed by atoms with E-state index in [0.29, 0.717) is 30.2 Å². The van der Waals surface area contributed by atoms with Gasteiger partial charge in [0.25, 0.3) is 0 Å². The number of amides is 2. The number of carbonyl (C=O) groups excluding carboxylic acids is 2. The molecule has 2 aromatic carbocycles. The molecule has 2 rings (SSSR count). The van der Waals surface area contributed by atoms with Gasteiger partial charge in [-0.2, -0.15) is 0 Å². The molecule has 0 atom stereocenters. The molecule has 0 aliphatic heterocycles. The fraction of sp³-hybridized carbons (Fsp3) is 0.263. The molecule has 0 saturated carbocycles. The van der Waals surface area contributed by atoms with Gasteiger partial charge in [0.2, 0.25) is 0 Å². The molecule has 26 heavy (non-hydrogen) atoms. The van der Waals surface area contributed by atoms with Crippen molar-refractivity contribution < 1.29 is 19.1 Å². The van der Waals surface area contributed by atoms with Gasteiger partial charge in [-0.25, -0.2) is 0 Å². The summed E-state index contributed by atoms with van der Waals surface area (Å²) in [5.74, 6) is -0.0783. The van der Waals surface area contributed by atoms with Crippen molar-refractivity contribution in [3.8, 4) is 11.5 Å². The average Bonchev–Trinajstić information content (AvgIpc) is 2.67. The molecule has 6 nitrogen and oxygen atoms in total. The zero-order chi connectivity index (χ0) is 18.9. The van der Waals surface area contributed by atoms with Crippen molar-refractivity contribution in [1.29, 1.82) is 0 Å². The first-order valence-electron chi connectivity index (χ1n) is 8.01. The minimum Gasteiger partial charge on any atom is -0.493 e. The van der Waals surface area contributed by atoms with Crippen LogP contribution >= 0.6 is 11.8 Å². The Hall–Kier alpha value is -2.67. The Balaban J connectivity index is 1.85. The van der Waals surface area contributed by atoms with Crippen molar-refractivity contribution in [2.75, 3.05) is 32.3 Å². The summed E-state index contributed by atoms with van der Waals surface area (Å²) in [5, 5.41) is 5.22. The lowest BCUT2D eigenvalue weighted by molar-refractivity contribution is -0.136. The SMILES string of the molecule is COc1ccc(CCNC(=O)C(=O)Nc2cccc(SC)c2)cc1OC. The third-order valence-corrected chi connectivity index (χ3v) is 4.41. The van der Waals surface area contributed by atoms with E-state index >= 15 is 0 Å². The monoisotopic (exact) mass is 374 g/mol. The topological polar surface area (TPSA) is 76.7 Å². The molecule has 2 amide bonds. The van der Waals surface area contributed by atoms with Gasteiger partial charge < -0.3 is 20.1 Å². The molecular weight excluding hydrogens is 352 g/mol. The van der Waals surface area contributed by atoms with Gasteiger partial charge in [-0.1, -0.05) is 12.1 Å². The lowest BCUT2D eigenvalue weighted by atomic mass is 10.1. The Morgan fingerprint density at radius 3 is 2.46 bits per heavy atom. The molecule has 2 N–H and O–H groups in total. The maximum absolute atomic E-state index is 12.0. The Bertz CT molecular complexity index is 780. The molecule has 0 unspecified atom stereocenters. The van der Waals surface area contributed by atoms with Crippen LogP contribution in [0.5, 0.6) is 11.5 Å². The van der Waals surface area contributed by atoms with Crippen LogP contribution in [0, 0.1) is 0 Å². The molecule has 0 radical (unpaired) electrons. The van der Waals surface area contributed by atoms with Gasteiger partial charge in [-0.15, -0.1) is 11.8 Å². The lowest BCUT2D eigenvalue weighted by Crippen LogP contribution is -2.36. The summed E-state index contributed by atoms with van der Waals surface area (Å²) in [4.78, 5) is 24.9. The van der Waals surface area contributed by atoms with Gasteiger partial charge in [-0.05, 0) is 48.6 Å². The number of carbonyl (C=O) groups is 2. The van der Waals surface area contributed by atoms with E-state index in [1.54, 1.807) is 38.1 Å². The van der Waals surface area contributed by atoms with Crippen molar-refractivity contribution >= 4 is 29.3 Å². The molecule has 7 heteroatoms. The van der Waals surface area contributed by atoms with E-state index in [4.69, 9.17) is 9.47 Å². The van der Waals surface area contributed by atoms with E-state index in [1.807, 2.05) is 36.6 Å². The summed E-state index contributed by atoms with van der Waals surface area (Å²) in [5.41, 5.74) is 1.56. The number of thioether (sulfide) groups is 1. The number of rotatable bonds is 7. The van der Waals surface area contributed by atoms with Crippen molar-refractivity contribution in [2.24, 2.45) is 0 Å². The molecule has 0 saturated heterocycles. The highest BCUT2D eigenvalue weighted by Crippen LogP contribution is 2.27. The van der Waals surface area contributed by atoms with Crippen molar-refractivity contribution in [3.05, 3.63) is 48.0 Å². The van der Waals surface area contributed by atoms with Gasteiger partial charge >= 0.3 is 11.8 Å². The van der Waals surface area contributed by atoms with Crippen LogP contribution in [0.25, 0.3) is 0 Å². The van der Waals surface area contributed by atoms with Gasteiger partial charge in [0.1, 0.15) is 0 Å². The molecule has 0 heterocycles. The number of ether oxygens (including phenoxy) is 2. The average molecular weight is 374 g/mol. The second-order valence-corrected chi connectivity index (χ2v) is 6.26. The second-order valence-electron chi connectivity index (χ2n) is 5.38. The van der Waals surface area contributed by atoms with Gasteiger partial charge in [0, 0.05) is 17.1 Å². The van der Waals surface area contributed by atoms with Crippen LogP contribution in [0.4, 0.5) is 5.69 Å². The van der Waals surface area contributed by atoms with Crippen LogP contribution in [0.1, 0.15) is 5.56 Å². The highest BCUT2D eigenvalue weighted by Gasteiger charge is 2.13. The maximum Gasteiger partial charge on any atom is 0.313 e.